The quantitative estimate of drug-likeness (QED) is 0.426. The van der Waals surface area contributed by atoms with Crippen LogP contribution in [0.15, 0.2) is 0 Å². The second-order valence-electron chi connectivity index (χ2n) is 4.01. The summed E-state index contributed by atoms with van der Waals surface area (Å²) >= 11 is 0. The molecule has 94 valence electrons. The van der Waals surface area contributed by atoms with Gasteiger partial charge in [-0.15, -0.1) is 0 Å². The molecule has 0 saturated carbocycles. The van der Waals surface area contributed by atoms with Gasteiger partial charge < -0.3 is 15.8 Å². The van der Waals surface area contributed by atoms with E-state index in [0.717, 1.165) is 6.54 Å². The predicted molar refractivity (Wildman–Crippen MR) is 60.4 cm³/mol. The smallest absolute Gasteiger partial charge is 0.308 e. The van der Waals surface area contributed by atoms with Gasteiger partial charge in [0.25, 0.3) is 0 Å². The van der Waals surface area contributed by atoms with Gasteiger partial charge in [-0.05, 0) is 12.8 Å². The number of nitrogens with two attached hydrogens (primary N) is 2. The fraction of sp³-hybridized carbons (Fsp3) is 0.818. The standard InChI is InChI=1S/C11H22N2O3/c1-4-9(10(12)14)7-8(2)11(15)16-6-5-13-3/h8-9,13H,4-7H2,1-3H3,(H2,12,14)/p+1/t8?,9-/m1/s1. The van der Waals surface area contributed by atoms with Crippen molar-refractivity contribution >= 4 is 11.9 Å². The number of likely N-dealkylation sites (N-methyl/N-ethyl adjacent to an activating group) is 1. The maximum absolute atomic E-state index is 11.5. The lowest BCUT2D eigenvalue weighted by Crippen LogP contribution is -2.80. The zero-order chi connectivity index (χ0) is 12.6. The number of ether oxygens (including phenoxy) is 1. The van der Waals surface area contributed by atoms with E-state index in [2.05, 4.69) is 0 Å². The third kappa shape index (κ3) is 5.70. The first-order chi connectivity index (χ1) is 7.52. The van der Waals surface area contributed by atoms with E-state index in [-0.39, 0.29) is 23.7 Å². The van der Waals surface area contributed by atoms with Gasteiger partial charge in [0.05, 0.1) is 13.0 Å². The van der Waals surface area contributed by atoms with Crippen molar-refractivity contribution in [2.75, 3.05) is 20.2 Å². The third-order valence-electron chi connectivity index (χ3n) is 2.59. The summed E-state index contributed by atoms with van der Waals surface area (Å²) in [7, 11) is 1.91. The maximum Gasteiger partial charge on any atom is 0.308 e. The zero-order valence-corrected chi connectivity index (χ0v) is 10.4. The van der Waals surface area contributed by atoms with Gasteiger partial charge in [-0.2, -0.15) is 0 Å². The number of carbonyl (C=O) groups is 2. The van der Waals surface area contributed by atoms with Gasteiger partial charge in [-0.1, -0.05) is 13.8 Å². The van der Waals surface area contributed by atoms with Gasteiger partial charge >= 0.3 is 5.97 Å². The van der Waals surface area contributed by atoms with Gasteiger partial charge in [0.15, 0.2) is 0 Å². The van der Waals surface area contributed by atoms with Crippen molar-refractivity contribution in [3.8, 4) is 0 Å². The molecule has 0 heterocycles. The second-order valence-corrected chi connectivity index (χ2v) is 4.01. The Balaban J connectivity index is 3.98. The summed E-state index contributed by atoms with van der Waals surface area (Å²) in [5.74, 6) is -1.10. The number of hydrogen-bond donors (Lipinski definition) is 2. The van der Waals surface area contributed by atoms with Gasteiger partial charge in [-0.3, -0.25) is 9.59 Å². The van der Waals surface area contributed by atoms with Crippen molar-refractivity contribution in [3.05, 3.63) is 0 Å². The van der Waals surface area contributed by atoms with E-state index < -0.39 is 0 Å². The molecule has 0 aliphatic carbocycles. The first-order valence-electron chi connectivity index (χ1n) is 5.76. The van der Waals surface area contributed by atoms with Crippen LogP contribution in [0.5, 0.6) is 0 Å². The van der Waals surface area contributed by atoms with E-state index in [1.807, 2.05) is 19.3 Å². The normalized spacial score (nSPS) is 14.2. The Labute approximate surface area is 96.7 Å². The van der Waals surface area contributed by atoms with E-state index in [9.17, 15) is 9.59 Å². The molecule has 0 aliphatic heterocycles. The minimum atomic E-state index is -0.343. The van der Waals surface area contributed by atoms with Crippen molar-refractivity contribution in [1.82, 2.24) is 0 Å². The highest BCUT2D eigenvalue weighted by molar-refractivity contribution is 5.78. The fourth-order valence-electron chi connectivity index (χ4n) is 1.43. The lowest BCUT2D eigenvalue weighted by molar-refractivity contribution is -0.628. The molecule has 0 radical (unpaired) electrons. The number of primary amides is 1. The number of esters is 1. The average molecular weight is 231 g/mol. The highest BCUT2D eigenvalue weighted by Crippen LogP contribution is 2.16. The summed E-state index contributed by atoms with van der Waals surface area (Å²) in [4.78, 5) is 22.5. The van der Waals surface area contributed by atoms with Crippen LogP contribution in [0.25, 0.3) is 0 Å². The molecule has 0 aromatic heterocycles. The van der Waals surface area contributed by atoms with E-state index in [1.54, 1.807) is 6.92 Å². The Bertz CT molecular complexity index is 231. The number of quaternary nitrogens is 1. The Morgan fingerprint density at radius 1 is 1.44 bits per heavy atom. The molecule has 0 bridgehead atoms. The number of amides is 1. The highest BCUT2D eigenvalue weighted by Gasteiger charge is 2.22. The van der Waals surface area contributed by atoms with Gasteiger partial charge in [-0.25, -0.2) is 0 Å². The number of rotatable bonds is 8. The Morgan fingerprint density at radius 2 is 2.06 bits per heavy atom. The summed E-state index contributed by atoms with van der Waals surface area (Å²) in [6.45, 7) is 4.82. The SMILES string of the molecule is CC[C@H](CC(C)C(=O)OCC[NH2+]C)C(N)=O. The zero-order valence-electron chi connectivity index (χ0n) is 10.4. The van der Waals surface area contributed by atoms with E-state index in [1.165, 1.54) is 0 Å². The molecule has 0 spiro atoms. The molecule has 16 heavy (non-hydrogen) atoms. The summed E-state index contributed by atoms with van der Waals surface area (Å²) in [6.07, 6.45) is 1.14. The average Bonchev–Trinajstić information content (AvgIpc) is 2.25. The first kappa shape index (κ1) is 14.9. The number of hydrogen-bond acceptors (Lipinski definition) is 3. The Kier molecular flexibility index (Phi) is 7.54. The number of carbonyl (C=O) groups excluding carboxylic acids is 2. The van der Waals surface area contributed by atoms with Crippen LogP contribution < -0.4 is 11.1 Å². The van der Waals surface area contributed by atoms with E-state index in [4.69, 9.17) is 10.5 Å². The molecule has 4 N–H and O–H groups in total. The monoisotopic (exact) mass is 231 g/mol. The summed E-state index contributed by atoms with van der Waals surface area (Å²) in [6, 6.07) is 0. The van der Waals surface area contributed by atoms with E-state index >= 15 is 0 Å². The molecule has 1 amide bonds. The van der Waals surface area contributed by atoms with Crippen LogP contribution in [0.2, 0.25) is 0 Å². The molecular formula is C11H23N2O3+. The molecule has 0 saturated heterocycles. The Morgan fingerprint density at radius 3 is 2.50 bits per heavy atom. The molecule has 1 unspecified atom stereocenters. The van der Waals surface area contributed by atoms with Gasteiger partial charge in [0, 0.05) is 5.92 Å². The van der Waals surface area contributed by atoms with Gasteiger partial charge in [0.2, 0.25) is 5.91 Å². The molecule has 2 atom stereocenters. The topological polar surface area (TPSA) is 86.0 Å². The molecular weight excluding hydrogens is 208 g/mol. The van der Waals surface area contributed by atoms with Crippen LogP contribution in [0.4, 0.5) is 0 Å². The van der Waals surface area contributed by atoms with Crippen molar-refractivity contribution in [1.29, 1.82) is 0 Å². The van der Waals surface area contributed by atoms with Crippen LogP contribution in [0.1, 0.15) is 26.7 Å². The van der Waals surface area contributed by atoms with Crippen LogP contribution >= 0.6 is 0 Å². The molecule has 0 aliphatic rings. The van der Waals surface area contributed by atoms with E-state index in [0.29, 0.717) is 19.4 Å². The van der Waals surface area contributed by atoms with Crippen molar-refractivity contribution in [2.45, 2.75) is 26.7 Å². The molecule has 0 fully saturated rings. The minimum Gasteiger partial charge on any atom is -0.459 e. The summed E-state index contributed by atoms with van der Waals surface area (Å²) in [5.41, 5.74) is 5.22. The lowest BCUT2D eigenvalue weighted by Gasteiger charge is -2.15. The van der Waals surface area contributed by atoms with Crippen molar-refractivity contribution in [3.63, 3.8) is 0 Å². The molecule has 0 rings (SSSR count). The Hall–Kier alpha value is -1.10. The predicted octanol–water partition coefficient (Wildman–Crippen LogP) is -0.739. The molecule has 5 heteroatoms. The van der Waals surface area contributed by atoms with Crippen molar-refractivity contribution < 1.29 is 19.6 Å². The van der Waals surface area contributed by atoms with Crippen LogP contribution in [-0.2, 0) is 14.3 Å². The maximum atomic E-state index is 11.5. The summed E-state index contributed by atoms with van der Waals surface area (Å²) in [5, 5.41) is 1.94. The lowest BCUT2D eigenvalue weighted by atomic mass is 9.93. The molecule has 0 aromatic rings. The first-order valence-corrected chi connectivity index (χ1v) is 5.76. The largest absolute Gasteiger partial charge is 0.459 e. The van der Waals surface area contributed by atoms with Crippen LogP contribution in [0.3, 0.4) is 0 Å². The molecule has 0 aromatic carbocycles. The molecule has 5 nitrogen and oxygen atoms in total. The van der Waals surface area contributed by atoms with Crippen LogP contribution in [-0.4, -0.2) is 32.1 Å². The third-order valence-corrected chi connectivity index (χ3v) is 2.59. The highest BCUT2D eigenvalue weighted by atomic mass is 16.5. The second kappa shape index (κ2) is 8.10. The van der Waals surface area contributed by atoms with Crippen LogP contribution in [0, 0.1) is 11.8 Å². The summed E-state index contributed by atoms with van der Waals surface area (Å²) < 4.78 is 5.05. The van der Waals surface area contributed by atoms with Crippen molar-refractivity contribution in [2.24, 2.45) is 17.6 Å². The fourth-order valence-corrected chi connectivity index (χ4v) is 1.43. The minimum absolute atomic E-state index is 0.236. The van der Waals surface area contributed by atoms with Gasteiger partial charge in [0.1, 0.15) is 13.2 Å².